The number of para-hydroxylation sites is 1. The maximum absolute atomic E-state index is 11.6. The molecule has 0 aromatic heterocycles. The van der Waals surface area contributed by atoms with Crippen LogP contribution in [0.1, 0.15) is 12.0 Å². The summed E-state index contributed by atoms with van der Waals surface area (Å²) in [7, 11) is 0. The molecule has 0 bridgehead atoms. The molecule has 1 N–H and O–H groups in total. The average molecular weight is 280 g/mol. The number of hydrogen-bond donors (Lipinski definition) is 1. The molecule has 0 fully saturated rings. The van der Waals surface area contributed by atoms with Crippen LogP contribution < -0.4 is 10.4 Å². The zero-order valence-electron chi connectivity index (χ0n) is 11.5. The molecule has 4 nitrogen and oxygen atoms in total. The van der Waals surface area contributed by atoms with Gasteiger partial charge in [-0.15, -0.1) is 5.59 Å². The number of rotatable bonds is 0. The van der Waals surface area contributed by atoms with Crippen molar-refractivity contribution < 1.29 is 9.63 Å². The van der Waals surface area contributed by atoms with E-state index >= 15 is 0 Å². The minimum absolute atomic E-state index is 0.0464. The van der Waals surface area contributed by atoms with Crippen LogP contribution in [0.4, 0.5) is 0 Å². The number of hydrogen-bond acceptors (Lipinski definition) is 4. The Kier molecular flexibility index (Phi) is 5.76. The van der Waals surface area contributed by atoms with Gasteiger partial charge >= 0.3 is 0 Å². The number of allylic oxidation sites excluding steroid dienone is 7. The Morgan fingerprint density at radius 1 is 1.00 bits per heavy atom. The van der Waals surface area contributed by atoms with E-state index < -0.39 is 0 Å². The highest BCUT2D eigenvalue weighted by atomic mass is 16.7. The molecule has 1 aliphatic heterocycles. The zero-order valence-corrected chi connectivity index (χ0v) is 11.5. The van der Waals surface area contributed by atoms with Gasteiger partial charge in [0.25, 0.3) is 0 Å². The van der Waals surface area contributed by atoms with E-state index in [2.05, 4.69) is 10.7 Å². The van der Waals surface area contributed by atoms with Gasteiger partial charge in [0.15, 0.2) is 11.5 Å². The monoisotopic (exact) mass is 280 g/mol. The van der Waals surface area contributed by atoms with Crippen molar-refractivity contribution >= 4 is 18.1 Å². The van der Waals surface area contributed by atoms with Crippen molar-refractivity contribution in [2.45, 2.75) is 6.42 Å². The number of nitrogens with one attached hydrogen (secondary N) is 1. The van der Waals surface area contributed by atoms with Gasteiger partial charge in [0, 0.05) is 12.0 Å². The van der Waals surface area contributed by atoms with E-state index in [9.17, 15) is 4.79 Å². The summed E-state index contributed by atoms with van der Waals surface area (Å²) in [6.07, 6.45) is 16.0. The molecule has 0 radical (unpaired) electrons. The highest BCUT2D eigenvalue weighted by Crippen LogP contribution is 2.18. The Hall–Kier alpha value is -2.88. The van der Waals surface area contributed by atoms with Gasteiger partial charge in [-0.25, -0.2) is 0 Å². The maximum atomic E-state index is 11.6. The molecule has 0 spiro atoms. The second kappa shape index (κ2) is 8.32. The van der Waals surface area contributed by atoms with Crippen LogP contribution in [0.15, 0.2) is 71.9 Å². The first-order valence-corrected chi connectivity index (χ1v) is 6.59. The molecule has 0 saturated carbocycles. The lowest BCUT2D eigenvalue weighted by atomic mass is 10.1. The molecule has 0 unspecified atom stereocenters. The van der Waals surface area contributed by atoms with Gasteiger partial charge < -0.3 is 4.84 Å². The van der Waals surface area contributed by atoms with Gasteiger partial charge in [0.1, 0.15) is 0 Å². The largest absolute Gasteiger partial charge is 0.365 e. The number of nitrogens with zero attached hydrogens (tertiary/aromatic N) is 1. The smallest absolute Gasteiger partial charge is 0.164 e. The summed E-state index contributed by atoms with van der Waals surface area (Å²) in [5.74, 6) is 0.690. The lowest BCUT2D eigenvalue weighted by Crippen LogP contribution is -2.11. The normalized spacial score (nSPS) is 15.3. The third kappa shape index (κ3) is 5.32. The van der Waals surface area contributed by atoms with Crippen molar-refractivity contribution in [1.82, 2.24) is 5.59 Å². The minimum atomic E-state index is 0.0464. The van der Waals surface area contributed by atoms with Gasteiger partial charge in [-0.1, -0.05) is 54.7 Å². The van der Waals surface area contributed by atoms with E-state index in [4.69, 9.17) is 4.84 Å². The van der Waals surface area contributed by atoms with E-state index in [1.807, 2.05) is 42.5 Å². The van der Waals surface area contributed by atoms with Crippen molar-refractivity contribution in [3.63, 3.8) is 0 Å². The first-order chi connectivity index (χ1) is 10.4. The van der Waals surface area contributed by atoms with Gasteiger partial charge in [0.2, 0.25) is 0 Å². The fourth-order valence-electron chi connectivity index (χ4n) is 1.64. The Labute approximate surface area is 123 Å². The topological polar surface area (TPSA) is 50.7 Å². The molecule has 1 aromatic carbocycles. The minimum Gasteiger partial charge on any atom is -0.365 e. The lowest BCUT2D eigenvalue weighted by molar-refractivity contribution is -0.113. The molecule has 1 aromatic rings. The highest BCUT2D eigenvalue weighted by molar-refractivity contribution is 5.91. The Bertz CT molecular complexity index is 625. The van der Waals surface area contributed by atoms with Crippen LogP contribution >= 0.6 is 0 Å². The summed E-state index contributed by atoms with van der Waals surface area (Å²) in [6, 6.07) is 7.51. The summed E-state index contributed by atoms with van der Waals surface area (Å²) in [5, 5.41) is 3.90. The second-order valence-electron chi connectivity index (χ2n) is 4.21. The van der Waals surface area contributed by atoms with Gasteiger partial charge in [-0.2, -0.15) is 5.10 Å². The molecule has 1 aliphatic rings. The van der Waals surface area contributed by atoms with Crippen LogP contribution in [0.25, 0.3) is 6.08 Å². The van der Waals surface area contributed by atoms with Crippen molar-refractivity contribution in [3.8, 4) is 5.75 Å². The zero-order chi connectivity index (χ0) is 14.8. The van der Waals surface area contributed by atoms with Crippen LogP contribution in [-0.4, -0.2) is 12.0 Å². The molecular formula is C17H16N2O2. The molecule has 0 aliphatic carbocycles. The summed E-state index contributed by atoms with van der Waals surface area (Å²) in [6.45, 7) is 0. The van der Waals surface area contributed by atoms with Crippen molar-refractivity contribution in [2.24, 2.45) is 5.10 Å². The van der Waals surface area contributed by atoms with Crippen molar-refractivity contribution in [2.75, 3.05) is 0 Å². The molecule has 0 saturated heterocycles. The predicted octanol–water partition coefficient (Wildman–Crippen LogP) is 3.21. The maximum Gasteiger partial charge on any atom is 0.164 e. The summed E-state index contributed by atoms with van der Waals surface area (Å²) in [4.78, 5) is 17.0. The first kappa shape index (κ1) is 14.5. The molecule has 106 valence electrons. The Morgan fingerprint density at radius 2 is 1.81 bits per heavy atom. The van der Waals surface area contributed by atoms with E-state index in [-0.39, 0.29) is 5.78 Å². The average Bonchev–Trinajstić information content (AvgIpc) is 2.49. The summed E-state index contributed by atoms with van der Waals surface area (Å²) in [5.41, 5.74) is 3.39. The molecule has 1 heterocycles. The SMILES string of the molecule is O=C1C=CC=CC=CC=NNOc2ccccc2C=CC1. The summed E-state index contributed by atoms with van der Waals surface area (Å²) >= 11 is 0. The van der Waals surface area contributed by atoms with E-state index in [0.717, 1.165) is 5.56 Å². The van der Waals surface area contributed by atoms with E-state index in [1.54, 1.807) is 36.6 Å². The van der Waals surface area contributed by atoms with Crippen LogP contribution in [-0.2, 0) is 4.79 Å². The molecule has 21 heavy (non-hydrogen) atoms. The van der Waals surface area contributed by atoms with Gasteiger partial charge in [-0.05, 0) is 18.2 Å². The molecule has 2 rings (SSSR count). The number of carbonyl (C=O) groups is 1. The Balaban J connectivity index is 2.18. The summed E-state index contributed by atoms with van der Waals surface area (Å²) < 4.78 is 0. The van der Waals surface area contributed by atoms with Crippen molar-refractivity contribution in [1.29, 1.82) is 0 Å². The third-order valence-corrected chi connectivity index (χ3v) is 2.63. The quantitative estimate of drug-likeness (QED) is 0.794. The van der Waals surface area contributed by atoms with Crippen molar-refractivity contribution in [3.05, 3.63) is 72.4 Å². The van der Waals surface area contributed by atoms with Crippen LogP contribution in [0.5, 0.6) is 5.75 Å². The number of hydrazone groups is 1. The molecule has 0 amide bonds. The number of benzene rings is 1. The standard InChI is InChI=1S/C17H16N2O2/c20-16-11-4-2-1-3-7-14-18-19-21-17-13-6-5-9-15(17)10-8-12-16/h1-11,13-14,19H,12H2. The third-order valence-electron chi connectivity index (χ3n) is 2.63. The van der Waals surface area contributed by atoms with Crippen LogP contribution in [0, 0.1) is 0 Å². The molecule has 0 atom stereocenters. The molecular weight excluding hydrogens is 264 g/mol. The van der Waals surface area contributed by atoms with Gasteiger partial charge in [0.05, 0.1) is 6.21 Å². The van der Waals surface area contributed by atoms with E-state index in [0.29, 0.717) is 12.2 Å². The number of ketones is 1. The highest BCUT2D eigenvalue weighted by Gasteiger charge is 1.99. The fraction of sp³-hybridized carbons (Fsp3) is 0.0588. The number of fused-ring (bicyclic) bond motifs is 1. The second-order valence-corrected chi connectivity index (χ2v) is 4.21. The van der Waals surface area contributed by atoms with Crippen LogP contribution in [0.3, 0.4) is 0 Å². The van der Waals surface area contributed by atoms with E-state index in [1.165, 1.54) is 0 Å². The Morgan fingerprint density at radius 3 is 2.76 bits per heavy atom. The number of carbonyl (C=O) groups excluding carboxylic acids is 1. The fourth-order valence-corrected chi connectivity index (χ4v) is 1.64. The van der Waals surface area contributed by atoms with Crippen LogP contribution in [0.2, 0.25) is 0 Å². The molecule has 4 heteroatoms. The van der Waals surface area contributed by atoms with Gasteiger partial charge in [-0.3, -0.25) is 4.79 Å². The predicted molar refractivity (Wildman–Crippen MR) is 84.8 cm³/mol. The first-order valence-electron chi connectivity index (χ1n) is 6.59. The lowest BCUT2D eigenvalue weighted by Gasteiger charge is -2.06.